The quantitative estimate of drug-likeness (QED) is 0.735. The summed E-state index contributed by atoms with van der Waals surface area (Å²) >= 11 is 0. The summed E-state index contributed by atoms with van der Waals surface area (Å²) in [5.74, 6) is 0.717. The number of benzene rings is 1. The van der Waals surface area contributed by atoms with Gasteiger partial charge in [-0.2, -0.15) is 0 Å². The monoisotopic (exact) mass is 354 g/mol. The van der Waals surface area contributed by atoms with Crippen LogP contribution in [0.1, 0.15) is 19.2 Å². The predicted octanol–water partition coefficient (Wildman–Crippen LogP) is 3.51. The zero-order valence-corrected chi connectivity index (χ0v) is 14.5. The van der Waals surface area contributed by atoms with E-state index >= 15 is 0 Å². The molecule has 6 nitrogen and oxygen atoms in total. The van der Waals surface area contributed by atoms with Crippen LogP contribution in [0.4, 0.5) is 10.1 Å². The van der Waals surface area contributed by atoms with Crippen molar-refractivity contribution in [3.8, 4) is 11.6 Å². The van der Waals surface area contributed by atoms with E-state index in [1.807, 2.05) is 17.7 Å². The SMILES string of the molecule is CC[C@@H](Oc1ccccc1F)C(=O)Nc1ccc(-n2ccnc2C)nc1. The summed E-state index contributed by atoms with van der Waals surface area (Å²) in [5, 5.41) is 2.75. The number of hydrogen-bond donors (Lipinski definition) is 1. The van der Waals surface area contributed by atoms with Crippen LogP contribution in [0, 0.1) is 12.7 Å². The third-order valence-corrected chi connectivity index (χ3v) is 3.86. The van der Waals surface area contributed by atoms with Crippen LogP contribution in [0.2, 0.25) is 0 Å². The Morgan fingerprint density at radius 1 is 1.27 bits per heavy atom. The number of carbonyl (C=O) groups excluding carboxylic acids is 1. The van der Waals surface area contributed by atoms with Crippen molar-refractivity contribution >= 4 is 11.6 Å². The Balaban J connectivity index is 1.68. The van der Waals surface area contributed by atoms with Crippen molar-refractivity contribution in [3.63, 3.8) is 0 Å². The zero-order chi connectivity index (χ0) is 18.5. The van der Waals surface area contributed by atoms with Crippen LogP contribution in [0.3, 0.4) is 0 Å². The van der Waals surface area contributed by atoms with Gasteiger partial charge in [0.05, 0.1) is 11.9 Å². The fourth-order valence-electron chi connectivity index (χ4n) is 2.46. The minimum Gasteiger partial charge on any atom is -0.478 e. The van der Waals surface area contributed by atoms with Gasteiger partial charge in [-0.15, -0.1) is 0 Å². The molecule has 1 aromatic carbocycles. The third-order valence-electron chi connectivity index (χ3n) is 3.86. The Hall–Kier alpha value is -3.22. The fourth-order valence-corrected chi connectivity index (χ4v) is 2.46. The van der Waals surface area contributed by atoms with Crippen molar-refractivity contribution in [2.45, 2.75) is 26.4 Å². The molecule has 0 aliphatic rings. The van der Waals surface area contributed by atoms with Crippen LogP contribution in [-0.4, -0.2) is 26.5 Å². The standard InChI is InChI=1S/C19H19FN4O2/c1-3-16(26-17-7-5-4-6-15(17)20)19(25)23-14-8-9-18(22-12-14)24-11-10-21-13(24)2/h4-12,16H,3H2,1-2H3,(H,23,25)/t16-/m1/s1. The molecule has 3 aromatic rings. The summed E-state index contributed by atoms with van der Waals surface area (Å²) in [6.07, 6.45) is 4.66. The number of hydrogen-bond acceptors (Lipinski definition) is 4. The number of carbonyl (C=O) groups is 1. The molecule has 0 saturated heterocycles. The highest BCUT2D eigenvalue weighted by Crippen LogP contribution is 2.19. The van der Waals surface area contributed by atoms with Gasteiger partial charge >= 0.3 is 0 Å². The predicted molar refractivity (Wildman–Crippen MR) is 95.8 cm³/mol. The summed E-state index contributed by atoms with van der Waals surface area (Å²) in [7, 11) is 0. The van der Waals surface area contributed by atoms with Gasteiger partial charge in [0.1, 0.15) is 11.6 Å². The lowest BCUT2D eigenvalue weighted by Crippen LogP contribution is -2.32. The molecule has 1 amide bonds. The number of imidazole rings is 1. The zero-order valence-electron chi connectivity index (χ0n) is 14.5. The van der Waals surface area contributed by atoms with Gasteiger partial charge in [-0.05, 0) is 37.6 Å². The highest BCUT2D eigenvalue weighted by atomic mass is 19.1. The van der Waals surface area contributed by atoms with E-state index in [0.717, 1.165) is 5.82 Å². The van der Waals surface area contributed by atoms with E-state index in [-0.39, 0.29) is 11.7 Å². The molecular weight excluding hydrogens is 335 g/mol. The van der Waals surface area contributed by atoms with Gasteiger partial charge in [0.2, 0.25) is 0 Å². The minimum absolute atomic E-state index is 0.0542. The number of ether oxygens (including phenoxy) is 1. The lowest BCUT2D eigenvalue weighted by Gasteiger charge is -2.17. The molecule has 0 spiro atoms. The number of nitrogens with one attached hydrogen (secondary N) is 1. The molecule has 3 rings (SSSR count). The van der Waals surface area contributed by atoms with E-state index in [0.29, 0.717) is 17.9 Å². The summed E-state index contributed by atoms with van der Waals surface area (Å²) in [5.41, 5.74) is 0.534. The van der Waals surface area contributed by atoms with E-state index in [9.17, 15) is 9.18 Å². The number of nitrogens with zero attached hydrogens (tertiary/aromatic N) is 3. The Morgan fingerprint density at radius 2 is 2.08 bits per heavy atom. The molecule has 0 aliphatic carbocycles. The van der Waals surface area contributed by atoms with E-state index < -0.39 is 11.9 Å². The maximum absolute atomic E-state index is 13.7. The molecule has 134 valence electrons. The first-order valence-corrected chi connectivity index (χ1v) is 8.27. The smallest absolute Gasteiger partial charge is 0.265 e. The Morgan fingerprint density at radius 3 is 2.69 bits per heavy atom. The van der Waals surface area contributed by atoms with Gasteiger partial charge in [0.25, 0.3) is 5.91 Å². The number of aromatic nitrogens is 3. The highest BCUT2D eigenvalue weighted by Gasteiger charge is 2.20. The van der Waals surface area contributed by atoms with Crippen LogP contribution < -0.4 is 10.1 Å². The van der Waals surface area contributed by atoms with Crippen molar-refractivity contribution in [1.82, 2.24) is 14.5 Å². The van der Waals surface area contributed by atoms with Crippen LogP contribution in [0.25, 0.3) is 5.82 Å². The second-order valence-corrected chi connectivity index (χ2v) is 5.68. The normalized spacial score (nSPS) is 11.8. The first kappa shape index (κ1) is 17.6. The molecule has 26 heavy (non-hydrogen) atoms. The molecule has 0 radical (unpaired) electrons. The first-order valence-electron chi connectivity index (χ1n) is 8.27. The van der Waals surface area contributed by atoms with Gasteiger partial charge in [-0.3, -0.25) is 9.36 Å². The number of para-hydroxylation sites is 1. The third kappa shape index (κ3) is 3.88. The Labute approximate surface area is 150 Å². The molecule has 2 aromatic heterocycles. The van der Waals surface area contributed by atoms with Crippen LogP contribution >= 0.6 is 0 Å². The maximum Gasteiger partial charge on any atom is 0.265 e. The topological polar surface area (TPSA) is 69.0 Å². The van der Waals surface area contributed by atoms with E-state index in [2.05, 4.69) is 15.3 Å². The molecule has 1 N–H and O–H groups in total. The summed E-state index contributed by atoms with van der Waals surface area (Å²) in [6, 6.07) is 9.54. The van der Waals surface area contributed by atoms with Gasteiger partial charge in [0, 0.05) is 12.4 Å². The number of pyridine rings is 1. The van der Waals surface area contributed by atoms with E-state index in [4.69, 9.17) is 4.74 Å². The number of rotatable bonds is 6. The minimum atomic E-state index is -0.803. The number of amides is 1. The molecule has 0 saturated carbocycles. The van der Waals surface area contributed by atoms with Crippen LogP contribution in [-0.2, 0) is 4.79 Å². The molecule has 0 aliphatic heterocycles. The maximum atomic E-state index is 13.7. The van der Waals surface area contributed by atoms with Gasteiger partial charge in [0.15, 0.2) is 17.7 Å². The second kappa shape index (κ2) is 7.77. The second-order valence-electron chi connectivity index (χ2n) is 5.68. The molecule has 7 heteroatoms. The Bertz CT molecular complexity index is 893. The average molecular weight is 354 g/mol. The lowest BCUT2D eigenvalue weighted by molar-refractivity contribution is -0.122. The van der Waals surface area contributed by atoms with Crippen molar-refractivity contribution in [2.24, 2.45) is 0 Å². The summed E-state index contributed by atoms with van der Waals surface area (Å²) < 4.78 is 21.1. The van der Waals surface area contributed by atoms with Gasteiger partial charge in [-0.25, -0.2) is 14.4 Å². The molecule has 0 bridgehead atoms. The summed E-state index contributed by atoms with van der Waals surface area (Å²) in [4.78, 5) is 20.9. The van der Waals surface area contributed by atoms with Crippen LogP contribution in [0.15, 0.2) is 55.0 Å². The lowest BCUT2D eigenvalue weighted by atomic mass is 10.2. The highest BCUT2D eigenvalue weighted by molar-refractivity contribution is 5.94. The molecular formula is C19H19FN4O2. The van der Waals surface area contributed by atoms with Crippen LogP contribution in [0.5, 0.6) is 5.75 Å². The number of halogens is 1. The fraction of sp³-hybridized carbons (Fsp3) is 0.211. The largest absolute Gasteiger partial charge is 0.478 e. The molecule has 2 heterocycles. The molecule has 0 unspecified atom stereocenters. The van der Waals surface area contributed by atoms with Gasteiger partial charge < -0.3 is 10.1 Å². The van der Waals surface area contributed by atoms with Crippen molar-refractivity contribution in [1.29, 1.82) is 0 Å². The number of anilines is 1. The first-order chi connectivity index (χ1) is 12.6. The van der Waals surface area contributed by atoms with E-state index in [1.165, 1.54) is 12.1 Å². The summed E-state index contributed by atoms with van der Waals surface area (Å²) in [6.45, 7) is 3.68. The van der Waals surface area contributed by atoms with Crippen molar-refractivity contribution in [2.75, 3.05) is 5.32 Å². The number of aryl methyl sites for hydroxylation is 1. The van der Waals surface area contributed by atoms with Crippen molar-refractivity contribution < 1.29 is 13.9 Å². The molecule has 1 atom stereocenters. The Kier molecular flexibility index (Phi) is 5.26. The average Bonchev–Trinajstić information content (AvgIpc) is 3.07. The van der Waals surface area contributed by atoms with Crippen molar-refractivity contribution in [3.05, 3.63) is 66.6 Å². The van der Waals surface area contributed by atoms with E-state index in [1.54, 1.807) is 43.6 Å². The van der Waals surface area contributed by atoms with Gasteiger partial charge in [-0.1, -0.05) is 19.1 Å². The molecule has 0 fully saturated rings.